The van der Waals surface area contributed by atoms with Gasteiger partial charge in [-0.15, -0.1) is 0 Å². The zero-order valence-electron chi connectivity index (χ0n) is 14.4. The second kappa shape index (κ2) is 8.84. The minimum Gasteiger partial charge on any atom is -0.290 e. The fraction of sp³-hybridized carbons (Fsp3) is 0.381. The van der Waals surface area contributed by atoms with Gasteiger partial charge in [0, 0.05) is 6.42 Å². The first-order valence-corrected chi connectivity index (χ1v) is 8.69. The van der Waals surface area contributed by atoms with E-state index in [4.69, 9.17) is 0 Å². The number of alkyl halides is 3. The molecule has 0 radical (unpaired) electrons. The lowest BCUT2D eigenvalue weighted by molar-refractivity contribution is -0.171. The molecule has 0 heterocycles. The van der Waals surface area contributed by atoms with Gasteiger partial charge in [0.15, 0.2) is 0 Å². The van der Waals surface area contributed by atoms with Crippen LogP contribution >= 0.6 is 0 Å². The van der Waals surface area contributed by atoms with Gasteiger partial charge in [0.2, 0.25) is 5.78 Å². The number of Topliss-reactive ketones (excluding diaryl/α,β-unsaturated/α-hetero) is 1. The summed E-state index contributed by atoms with van der Waals surface area (Å²) in [4.78, 5) is 10.8. The summed E-state index contributed by atoms with van der Waals surface area (Å²) in [5.41, 5.74) is 4.78. The lowest BCUT2D eigenvalue weighted by atomic mass is 9.95. The molecule has 2 aromatic carbocycles. The number of carbonyl (C=O) groups is 1. The lowest BCUT2D eigenvalue weighted by Crippen LogP contribution is -2.22. The van der Waals surface area contributed by atoms with E-state index in [1.807, 2.05) is 24.3 Å². The highest BCUT2D eigenvalue weighted by Crippen LogP contribution is 2.25. The van der Waals surface area contributed by atoms with Crippen molar-refractivity contribution in [1.82, 2.24) is 0 Å². The van der Waals surface area contributed by atoms with Crippen LogP contribution in [0.3, 0.4) is 0 Å². The maximum atomic E-state index is 12.1. The summed E-state index contributed by atoms with van der Waals surface area (Å²) < 4.78 is 36.4. The quantitative estimate of drug-likeness (QED) is 0.523. The van der Waals surface area contributed by atoms with Gasteiger partial charge in [0.25, 0.3) is 0 Å². The van der Waals surface area contributed by atoms with E-state index < -0.39 is 18.4 Å². The van der Waals surface area contributed by atoms with Crippen molar-refractivity contribution in [2.75, 3.05) is 0 Å². The van der Waals surface area contributed by atoms with Crippen LogP contribution in [-0.4, -0.2) is 12.0 Å². The fourth-order valence-electron chi connectivity index (χ4n) is 2.90. The minimum absolute atomic E-state index is 0.263. The molecule has 0 saturated carbocycles. The fourth-order valence-corrected chi connectivity index (χ4v) is 2.90. The van der Waals surface area contributed by atoms with Gasteiger partial charge >= 0.3 is 6.18 Å². The van der Waals surface area contributed by atoms with Crippen molar-refractivity contribution in [3.05, 3.63) is 59.7 Å². The van der Waals surface area contributed by atoms with E-state index in [-0.39, 0.29) is 6.42 Å². The third-order valence-corrected chi connectivity index (χ3v) is 4.24. The molecule has 2 rings (SSSR count). The van der Waals surface area contributed by atoms with E-state index in [2.05, 4.69) is 31.2 Å². The predicted octanol–water partition coefficient (Wildman–Crippen LogP) is 6.15. The minimum atomic E-state index is -4.70. The van der Waals surface area contributed by atoms with Crippen molar-refractivity contribution in [1.29, 1.82) is 0 Å². The van der Waals surface area contributed by atoms with Crippen molar-refractivity contribution >= 4 is 5.78 Å². The Morgan fingerprint density at radius 3 is 2.24 bits per heavy atom. The van der Waals surface area contributed by atoms with Crippen LogP contribution < -0.4 is 0 Å². The maximum absolute atomic E-state index is 12.1. The van der Waals surface area contributed by atoms with Crippen molar-refractivity contribution < 1.29 is 18.0 Å². The summed E-state index contributed by atoms with van der Waals surface area (Å²) in [6.45, 7) is 2.16. The highest BCUT2D eigenvalue weighted by Gasteiger charge is 2.36. The first-order chi connectivity index (χ1) is 11.9. The summed E-state index contributed by atoms with van der Waals surface area (Å²) in [5.74, 6) is -1.63. The van der Waals surface area contributed by atoms with Gasteiger partial charge in [0.05, 0.1) is 0 Å². The van der Waals surface area contributed by atoms with Crippen LogP contribution in [0, 0.1) is 0 Å². The third kappa shape index (κ3) is 5.73. The Balaban J connectivity index is 1.91. The monoisotopic (exact) mass is 348 g/mol. The molecule has 0 saturated heterocycles. The van der Waals surface area contributed by atoms with Crippen LogP contribution in [0.2, 0.25) is 0 Å². The molecule has 0 spiro atoms. The number of halogens is 3. The Morgan fingerprint density at radius 1 is 0.920 bits per heavy atom. The Morgan fingerprint density at radius 2 is 1.60 bits per heavy atom. The SMILES string of the molecule is CCCc1ccccc1-c1ccc(CCCCC(=O)C(F)(F)F)cc1. The predicted molar refractivity (Wildman–Crippen MR) is 94.5 cm³/mol. The van der Waals surface area contributed by atoms with Crippen molar-refractivity contribution in [2.24, 2.45) is 0 Å². The van der Waals surface area contributed by atoms with Gasteiger partial charge in [-0.25, -0.2) is 0 Å². The summed E-state index contributed by atoms with van der Waals surface area (Å²) in [6.07, 6.45) is -1.48. The highest BCUT2D eigenvalue weighted by molar-refractivity contribution is 5.83. The number of carbonyl (C=O) groups excluding carboxylic acids is 1. The van der Waals surface area contributed by atoms with E-state index in [0.29, 0.717) is 12.8 Å². The summed E-state index contributed by atoms with van der Waals surface area (Å²) in [5, 5.41) is 0. The molecule has 0 unspecified atom stereocenters. The summed E-state index contributed by atoms with van der Waals surface area (Å²) in [6, 6.07) is 16.5. The number of hydrogen-bond acceptors (Lipinski definition) is 1. The first-order valence-electron chi connectivity index (χ1n) is 8.69. The molecule has 0 aliphatic heterocycles. The number of ketones is 1. The number of hydrogen-bond donors (Lipinski definition) is 0. The van der Waals surface area contributed by atoms with E-state index in [0.717, 1.165) is 24.0 Å². The Kier molecular flexibility index (Phi) is 6.80. The largest absolute Gasteiger partial charge is 0.449 e. The zero-order chi connectivity index (χ0) is 18.3. The average Bonchev–Trinajstić information content (AvgIpc) is 2.59. The molecular weight excluding hydrogens is 325 g/mol. The van der Waals surface area contributed by atoms with E-state index in [9.17, 15) is 18.0 Å². The van der Waals surface area contributed by atoms with Gasteiger partial charge in [-0.05, 0) is 47.9 Å². The summed E-state index contributed by atoms with van der Waals surface area (Å²) in [7, 11) is 0. The van der Waals surface area contributed by atoms with Crippen LogP contribution in [0.1, 0.15) is 43.7 Å². The summed E-state index contributed by atoms with van der Waals surface area (Å²) >= 11 is 0. The number of aryl methyl sites for hydroxylation is 2. The lowest BCUT2D eigenvalue weighted by Gasteiger charge is -2.10. The number of benzene rings is 2. The molecule has 1 nitrogen and oxygen atoms in total. The molecule has 0 aliphatic rings. The molecule has 134 valence electrons. The molecule has 0 aliphatic carbocycles. The van der Waals surface area contributed by atoms with Crippen molar-refractivity contribution in [3.8, 4) is 11.1 Å². The van der Waals surface area contributed by atoms with Gasteiger partial charge in [-0.2, -0.15) is 13.2 Å². The van der Waals surface area contributed by atoms with E-state index >= 15 is 0 Å². The second-order valence-corrected chi connectivity index (χ2v) is 6.23. The van der Waals surface area contributed by atoms with E-state index in [1.54, 1.807) is 0 Å². The second-order valence-electron chi connectivity index (χ2n) is 6.23. The molecule has 0 amide bonds. The standard InChI is InChI=1S/C21H23F3O/c1-2-7-17-9-4-5-10-19(17)18-14-12-16(13-15-18)8-3-6-11-20(25)21(22,23)24/h4-5,9-10,12-15H,2-3,6-8,11H2,1H3. The Hall–Kier alpha value is -2.10. The Bertz CT molecular complexity index is 687. The molecule has 2 aromatic rings. The van der Waals surface area contributed by atoms with Crippen LogP contribution in [-0.2, 0) is 17.6 Å². The van der Waals surface area contributed by atoms with Gasteiger partial charge in [-0.3, -0.25) is 4.79 Å². The maximum Gasteiger partial charge on any atom is 0.449 e. The smallest absolute Gasteiger partial charge is 0.290 e. The van der Waals surface area contributed by atoms with Gasteiger partial charge < -0.3 is 0 Å². The molecule has 0 N–H and O–H groups in total. The van der Waals surface area contributed by atoms with Gasteiger partial charge in [-0.1, -0.05) is 61.9 Å². The highest BCUT2D eigenvalue weighted by atomic mass is 19.4. The average molecular weight is 348 g/mol. The molecule has 0 atom stereocenters. The van der Waals surface area contributed by atoms with Gasteiger partial charge in [0.1, 0.15) is 0 Å². The molecule has 0 aromatic heterocycles. The number of rotatable bonds is 8. The molecule has 4 heteroatoms. The number of unbranched alkanes of at least 4 members (excludes halogenated alkanes) is 1. The van der Waals surface area contributed by atoms with Crippen molar-refractivity contribution in [2.45, 2.75) is 51.6 Å². The first kappa shape index (κ1) is 19.2. The molecule has 25 heavy (non-hydrogen) atoms. The van der Waals surface area contributed by atoms with E-state index in [1.165, 1.54) is 11.1 Å². The zero-order valence-corrected chi connectivity index (χ0v) is 14.4. The van der Waals surface area contributed by atoms with Crippen molar-refractivity contribution in [3.63, 3.8) is 0 Å². The molecule has 0 bridgehead atoms. The van der Waals surface area contributed by atoms with Crippen LogP contribution in [0.25, 0.3) is 11.1 Å². The Labute approximate surface area is 146 Å². The molecular formula is C21H23F3O. The molecule has 0 fully saturated rings. The van der Waals surface area contributed by atoms with Crippen LogP contribution in [0.15, 0.2) is 48.5 Å². The topological polar surface area (TPSA) is 17.1 Å². The third-order valence-electron chi connectivity index (χ3n) is 4.24. The van der Waals surface area contributed by atoms with Crippen LogP contribution in [0.5, 0.6) is 0 Å². The van der Waals surface area contributed by atoms with Crippen LogP contribution in [0.4, 0.5) is 13.2 Å². The normalized spacial score (nSPS) is 11.5.